The lowest BCUT2D eigenvalue weighted by Gasteiger charge is -2.13. The summed E-state index contributed by atoms with van der Waals surface area (Å²) >= 11 is 12.1. The third-order valence-electron chi connectivity index (χ3n) is 7.39. The highest BCUT2D eigenvalue weighted by molar-refractivity contribution is 6.30. The summed E-state index contributed by atoms with van der Waals surface area (Å²) in [5.41, 5.74) is 3.01. The van der Waals surface area contributed by atoms with Crippen LogP contribution in [-0.4, -0.2) is 19.1 Å². The van der Waals surface area contributed by atoms with Crippen LogP contribution in [0.2, 0.25) is 10.0 Å². The van der Waals surface area contributed by atoms with Crippen LogP contribution in [0.1, 0.15) is 35.6 Å². The first-order valence-electron chi connectivity index (χ1n) is 14.3. The molecule has 6 rings (SSSR count). The van der Waals surface area contributed by atoms with E-state index in [1.807, 2.05) is 109 Å². The predicted octanol–water partition coefficient (Wildman–Crippen LogP) is 8.23. The molecule has 0 fully saturated rings. The molecule has 0 saturated carbocycles. The van der Waals surface area contributed by atoms with Gasteiger partial charge in [0.15, 0.2) is 0 Å². The SMILES string of the molecule is O=c1c2ccccc2nc(/C=C/c2ccc(Cl)cc2)n1CCCCn1c(/C=C/c2ccc(Cl)cc2)nc2ccccc2c1=O. The Labute approximate surface area is 264 Å². The molecule has 2 heterocycles. The van der Waals surface area contributed by atoms with Crippen molar-refractivity contribution in [2.75, 3.05) is 0 Å². The van der Waals surface area contributed by atoms with Crippen LogP contribution in [0, 0.1) is 0 Å². The van der Waals surface area contributed by atoms with Gasteiger partial charge in [0.2, 0.25) is 0 Å². The number of hydrogen-bond acceptors (Lipinski definition) is 4. The molecule has 0 aliphatic heterocycles. The molecule has 0 spiro atoms. The molecule has 0 radical (unpaired) electrons. The average molecular weight is 620 g/mol. The Morgan fingerprint density at radius 1 is 0.523 bits per heavy atom. The summed E-state index contributed by atoms with van der Waals surface area (Å²) < 4.78 is 3.41. The summed E-state index contributed by atoms with van der Waals surface area (Å²) in [6, 6.07) is 29.7. The molecular formula is C36H28Cl2N4O2. The van der Waals surface area contributed by atoms with Gasteiger partial charge in [-0.25, -0.2) is 9.97 Å². The minimum atomic E-state index is -0.0949. The maximum Gasteiger partial charge on any atom is 0.261 e. The molecule has 0 aliphatic carbocycles. The van der Waals surface area contributed by atoms with E-state index in [0.717, 1.165) is 11.1 Å². The molecule has 2 aromatic heterocycles. The van der Waals surface area contributed by atoms with E-state index >= 15 is 0 Å². The molecular weight excluding hydrogens is 591 g/mol. The third kappa shape index (κ3) is 6.57. The molecule has 6 aromatic rings. The first kappa shape index (κ1) is 29.3. The number of benzene rings is 4. The lowest BCUT2D eigenvalue weighted by molar-refractivity contribution is 0.529. The van der Waals surface area contributed by atoms with E-state index in [1.54, 1.807) is 21.3 Å². The van der Waals surface area contributed by atoms with Crippen LogP contribution in [0.3, 0.4) is 0 Å². The monoisotopic (exact) mass is 618 g/mol. The molecule has 0 N–H and O–H groups in total. The zero-order chi connectivity index (χ0) is 30.5. The summed E-state index contributed by atoms with van der Waals surface area (Å²) in [5.74, 6) is 1.14. The predicted molar refractivity (Wildman–Crippen MR) is 182 cm³/mol. The fraction of sp³-hybridized carbons (Fsp3) is 0.111. The zero-order valence-electron chi connectivity index (χ0n) is 23.7. The van der Waals surface area contributed by atoms with E-state index in [4.69, 9.17) is 33.2 Å². The molecule has 0 atom stereocenters. The Morgan fingerprint density at radius 3 is 1.32 bits per heavy atom. The Hall–Kier alpha value is -4.78. The molecule has 0 saturated heterocycles. The van der Waals surface area contributed by atoms with Crippen molar-refractivity contribution in [1.82, 2.24) is 19.1 Å². The smallest absolute Gasteiger partial charge is 0.261 e. The zero-order valence-corrected chi connectivity index (χ0v) is 25.2. The first-order valence-corrected chi connectivity index (χ1v) is 15.1. The summed E-state index contributed by atoms with van der Waals surface area (Å²) in [7, 11) is 0. The van der Waals surface area contributed by atoms with Crippen LogP contribution >= 0.6 is 23.2 Å². The molecule has 8 heteroatoms. The molecule has 6 nitrogen and oxygen atoms in total. The number of fused-ring (bicyclic) bond motifs is 2. The van der Waals surface area contributed by atoms with Crippen molar-refractivity contribution in [1.29, 1.82) is 0 Å². The van der Waals surface area contributed by atoms with Crippen LogP contribution in [0.15, 0.2) is 107 Å². The van der Waals surface area contributed by atoms with Gasteiger partial charge in [0.25, 0.3) is 11.1 Å². The van der Waals surface area contributed by atoms with E-state index in [2.05, 4.69) is 0 Å². The quantitative estimate of drug-likeness (QED) is 0.153. The summed E-state index contributed by atoms with van der Waals surface area (Å²) in [6.07, 6.45) is 8.86. The highest BCUT2D eigenvalue weighted by Gasteiger charge is 2.11. The molecule has 4 aromatic carbocycles. The second kappa shape index (κ2) is 13.2. The number of hydrogen-bond donors (Lipinski definition) is 0. The molecule has 0 bridgehead atoms. The fourth-order valence-electron chi connectivity index (χ4n) is 5.09. The highest BCUT2D eigenvalue weighted by atomic mass is 35.5. The lowest BCUT2D eigenvalue weighted by atomic mass is 10.2. The van der Waals surface area contributed by atoms with Crippen molar-refractivity contribution < 1.29 is 0 Å². The van der Waals surface area contributed by atoms with E-state index in [0.29, 0.717) is 69.4 Å². The van der Waals surface area contributed by atoms with Crippen molar-refractivity contribution in [2.24, 2.45) is 0 Å². The van der Waals surface area contributed by atoms with Gasteiger partial charge in [-0.05, 0) is 84.7 Å². The molecule has 0 amide bonds. The van der Waals surface area contributed by atoms with E-state index < -0.39 is 0 Å². The second-order valence-electron chi connectivity index (χ2n) is 10.4. The van der Waals surface area contributed by atoms with Gasteiger partial charge in [-0.15, -0.1) is 0 Å². The Morgan fingerprint density at radius 2 is 0.909 bits per heavy atom. The molecule has 0 aliphatic rings. The summed E-state index contributed by atoms with van der Waals surface area (Å²) in [4.78, 5) is 36.7. The van der Waals surface area contributed by atoms with E-state index in [1.165, 1.54) is 0 Å². The van der Waals surface area contributed by atoms with Crippen molar-refractivity contribution >= 4 is 69.3 Å². The fourth-order valence-corrected chi connectivity index (χ4v) is 5.34. The molecule has 44 heavy (non-hydrogen) atoms. The lowest BCUT2D eigenvalue weighted by Crippen LogP contribution is -2.26. The first-order chi connectivity index (χ1) is 21.5. The number of unbranched alkanes of at least 4 members (excludes halogenated alkanes) is 1. The van der Waals surface area contributed by atoms with Gasteiger partial charge >= 0.3 is 0 Å². The number of aromatic nitrogens is 4. The minimum absolute atomic E-state index is 0.0949. The van der Waals surface area contributed by atoms with Gasteiger partial charge in [-0.3, -0.25) is 18.7 Å². The van der Waals surface area contributed by atoms with Gasteiger partial charge in [0.05, 0.1) is 21.8 Å². The molecule has 218 valence electrons. The van der Waals surface area contributed by atoms with Crippen LogP contribution in [0.25, 0.3) is 46.1 Å². The number of rotatable bonds is 9. The van der Waals surface area contributed by atoms with Gasteiger partial charge in [-0.2, -0.15) is 0 Å². The van der Waals surface area contributed by atoms with Gasteiger partial charge in [0.1, 0.15) is 11.6 Å². The summed E-state index contributed by atoms with van der Waals surface area (Å²) in [5, 5.41) is 2.46. The number of para-hydroxylation sites is 2. The van der Waals surface area contributed by atoms with Crippen LogP contribution < -0.4 is 11.1 Å². The topological polar surface area (TPSA) is 69.8 Å². The van der Waals surface area contributed by atoms with Gasteiger partial charge in [0, 0.05) is 23.1 Å². The average Bonchev–Trinajstić information content (AvgIpc) is 3.04. The normalized spacial score (nSPS) is 11.8. The third-order valence-corrected chi connectivity index (χ3v) is 7.89. The number of halogens is 2. The standard InChI is InChI=1S/C36H28Cl2N4O2/c37-27-17-11-25(12-18-27)15-21-33-39-31-9-3-1-7-29(31)35(43)41(33)23-5-6-24-42-34(22-16-26-13-19-28(38)20-14-26)40-32-10-4-2-8-30(32)36(42)44/h1-4,7-22H,5-6,23-24H2/b21-15+,22-16+. The number of nitrogens with zero attached hydrogens (tertiary/aromatic N) is 4. The maximum absolute atomic E-state index is 13.6. The van der Waals surface area contributed by atoms with Crippen molar-refractivity contribution in [3.63, 3.8) is 0 Å². The highest BCUT2D eigenvalue weighted by Crippen LogP contribution is 2.16. The van der Waals surface area contributed by atoms with Crippen molar-refractivity contribution in [3.05, 3.63) is 151 Å². The van der Waals surface area contributed by atoms with E-state index in [9.17, 15) is 9.59 Å². The van der Waals surface area contributed by atoms with Crippen LogP contribution in [0.5, 0.6) is 0 Å². The van der Waals surface area contributed by atoms with Gasteiger partial charge < -0.3 is 0 Å². The van der Waals surface area contributed by atoms with Crippen LogP contribution in [0.4, 0.5) is 0 Å². The Kier molecular flexibility index (Phi) is 8.82. The Balaban J connectivity index is 1.27. The van der Waals surface area contributed by atoms with Crippen molar-refractivity contribution in [3.8, 4) is 0 Å². The van der Waals surface area contributed by atoms with E-state index in [-0.39, 0.29) is 11.1 Å². The van der Waals surface area contributed by atoms with Gasteiger partial charge in [-0.1, -0.05) is 83.9 Å². The Bertz CT molecular complexity index is 1980. The minimum Gasteiger partial charge on any atom is -0.293 e. The summed E-state index contributed by atoms with van der Waals surface area (Å²) in [6.45, 7) is 0.894. The molecule has 0 unspecified atom stereocenters. The largest absolute Gasteiger partial charge is 0.293 e. The van der Waals surface area contributed by atoms with Crippen molar-refractivity contribution in [2.45, 2.75) is 25.9 Å². The second-order valence-corrected chi connectivity index (χ2v) is 11.2. The van der Waals surface area contributed by atoms with Crippen LogP contribution in [-0.2, 0) is 13.1 Å². The maximum atomic E-state index is 13.6.